The van der Waals surface area contributed by atoms with Gasteiger partial charge in [-0.1, -0.05) is 42.0 Å². The highest BCUT2D eigenvalue weighted by Crippen LogP contribution is 2.26. The van der Waals surface area contributed by atoms with E-state index in [0.717, 1.165) is 45.9 Å². The maximum atomic E-state index is 9.42. The summed E-state index contributed by atoms with van der Waals surface area (Å²) in [5.74, 6) is 0.926. The lowest BCUT2D eigenvalue weighted by Crippen LogP contribution is -2.04. The van der Waals surface area contributed by atoms with Gasteiger partial charge in [-0.3, -0.25) is 4.98 Å². The molecule has 0 aliphatic rings. The molecule has 5 heteroatoms. The minimum Gasteiger partial charge on any atom is -0.330 e. The van der Waals surface area contributed by atoms with Crippen LogP contribution in [0.2, 0.25) is 0 Å². The Hall–Kier alpha value is -3.75. The van der Waals surface area contributed by atoms with Gasteiger partial charge in [0.1, 0.15) is 5.82 Å². The van der Waals surface area contributed by atoms with Crippen molar-refractivity contribution in [2.24, 2.45) is 5.73 Å². The lowest BCUT2D eigenvalue weighted by molar-refractivity contribution is 0.762. The largest absolute Gasteiger partial charge is 0.330 e. The molecule has 2 aromatic heterocycles. The van der Waals surface area contributed by atoms with Crippen molar-refractivity contribution in [3.05, 3.63) is 95.1 Å². The summed E-state index contributed by atoms with van der Waals surface area (Å²) < 4.78 is 2.12. The standard InChI is InChI=1S/C26H25N5/c1-18-3-7-22(8-4-18)26-17-31(19(2)30-26)16-23-13-21(14-28)5-9-24(23)25-10-6-20(11-12-27)15-29-25/h3-10,13,15,17H,11-12,16,27H2,1-2H3. The van der Waals surface area contributed by atoms with E-state index in [1.165, 1.54) is 5.56 Å². The van der Waals surface area contributed by atoms with Gasteiger partial charge in [0, 0.05) is 30.1 Å². The van der Waals surface area contributed by atoms with E-state index in [1.807, 2.05) is 37.4 Å². The maximum absolute atomic E-state index is 9.42. The van der Waals surface area contributed by atoms with Crippen LogP contribution in [0, 0.1) is 25.2 Å². The molecule has 154 valence electrons. The quantitative estimate of drug-likeness (QED) is 0.504. The predicted molar refractivity (Wildman–Crippen MR) is 123 cm³/mol. The molecule has 0 spiro atoms. The summed E-state index contributed by atoms with van der Waals surface area (Å²) in [6.45, 7) is 5.30. The highest BCUT2D eigenvalue weighted by atomic mass is 15.1. The van der Waals surface area contributed by atoms with Gasteiger partial charge in [-0.05, 0) is 56.1 Å². The van der Waals surface area contributed by atoms with E-state index in [1.54, 1.807) is 0 Å². The van der Waals surface area contributed by atoms with E-state index in [0.29, 0.717) is 18.7 Å². The number of nitriles is 1. The van der Waals surface area contributed by atoms with Crippen LogP contribution in [0.25, 0.3) is 22.5 Å². The molecule has 0 unspecified atom stereocenters. The van der Waals surface area contributed by atoms with Gasteiger partial charge in [0.25, 0.3) is 0 Å². The number of nitrogens with zero attached hydrogens (tertiary/aromatic N) is 4. The van der Waals surface area contributed by atoms with Gasteiger partial charge < -0.3 is 10.3 Å². The molecule has 0 aliphatic carbocycles. The number of aryl methyl sites for hydroxylation is 2. The van der Waals surface area contributed by atoms with Crippen LogP contribution in [0.4, 0.5) is 0 Å². The van der Waals surface area contributed by atoms with Crippen molar-refractivity contribution in [1.82, 2.24) is 14.5 Å². The molecule has 31 heavy (non-hydrogen) atoms. The summed E-state index contributed by atoms with van der Waals surface area (Å²) in [5, 5.41) is 9.42. The van der Waals surface area contributed by atoms with Crippen molar-refractivity contribution in [3.63, 3.8) is 0 Å². The number of aromatic nitrogens is 3. The summed E-state index contributed by atoms with van der Waals surface area (Å²) in [5.41, 5.74) is 13.6. The molecular weight excluding hydrogens is 382 g/mol. The Balaban J connectivity index is 1.69. The smallest absolute Gasteiger partial charge is 0.106 e. The topological polar surface area (TPSA) is 80.5 Å². The lowest BCUT2D eigenvalue weighted by Gasteiger charge is -2.12. The van der Waals surface area contributed by atoms with E-state index >= 15 is 0 Å². The number of rotatable bonds is 6. The van der Waals surface area contributed by atoms with Crippen LogP contribution in [0.5, 0.6) is 0 Å². The van der Waals surface area contributed by atoms with Crippen molar-refractivity contribution in [2.45, 2.75) is 26.8 Å². The summed E-state index contributed by atoms with van der Waals surface area (Å²) in [6, 6.07) is 20.5. The molecular formula is C26H25N5. The average Bonchev–Trinajstić information content (AvgIpc) is 3.15. The van der Waals surface area contributed by atoms with Gasteiger partial charge in [-0.25, -0.2) is 4.98 Å². The van der Waals surface area contributed by atoms with Crippen LogP contribution in [-0.2, 0) is 13.0 Å². The molecule has 0 atom stereocenters. The Bertz CT molecular complexity index is 1230. The first-order valence-electron chi connectivity index (χ1n) is 10.4. The van der Waals surface area contributed by atoms with Gasteiger partial charge in [0.05, 0.1) is 23.0 Å². The highest BCUT2D eigenvalue weighted by Gasteiger charge is 2.12. The molecule has 4 aromatic rings. The molecule has 0 amide bonds. The molecule has 0 radical (unpaired) electrons. The van der Waals surface area contributed by atoms with Crippen LogP contribution in [-0.4, -0.2) is 21.1 Å². The molecule has 0 fully saturated rings. The molecule has 5 nitrogen and oxygen atoms in total. The summed E-state index contributed by atoms with van der Waals surface area (Å²) in [4.78, 5) is 9.40. The van der Waals surface area contributed by atoms with Crippen molar-refractivity contribution in [3.8, 4) is 28.6 Å². The zero-order chi connectivity index (χ0) is 21.8. The van der Waals surface area contributed by atoms with E-state index in [2.05, 4.69) is 59.1 Å². The Morgan fingerprint density at radius 3 is 2.48 bits per heavy atom. The van der Waals surface area contributed by atoms with E-state index in [4.69, 9.17) is 10.7 Å². The average molecular weight is 408 g/mol. The summed E-state index contributed by atoms with van der Waals surface area (Å²) >= 11 is 0. The third kappa shape index (κ3) is 4.55. The second-order valence-corrected chi connectivity index (χ2v) is 7.74. The first kappa shape index (κ1) is 20.5. The number of hydrogen-bond acceptors (Lipinski definition) is 4. The Labute approximate surface area is 182 Å². The SMILES string of the molecule is Cc1ccc(-c2cn(Cc3cc(C#N)ccc3-c3ccc(CCN)cn3)c(C)n2)cc1. The molecule has 0 aliphatic heterocycles. The molecule has 0 bridgehead atoms. The van der Waals surface area contributed by atoms with Gasteiger partial charge in [0.2, 0.25) is 0 Å². The summed E-state index contributed by atoms with van der Waals surface area (Å²) in [7, 11) is 0. The fraction of sp³-hybridized carbons (Fsp3) is 0.192. The van der Waals surface area contributed by atoms with Crippen molar-refractivity contribution >= 4 is 0 Å². The zero-order valence-corrected chi connectivity index (χ0v) is 17.8. The van der Waals surface area contributed by atoms with Crippen LogP contribution >= 0.6 is 0 Å². The third-order valence-corrected chi connectivity index (χ3v) is 5.43. The van der Waals surface area contributed by atoms with Crippen LogP contribution < -0.4 is 5.73 Å². The van der Waals surface area contributed by atoms with E-state index in [-0.39, 0.29) is 0 Å². The van der Waals surface area contributed by atoms with Crippen LogP contribution in [0.1, 0.15) is 28.1 Å². The Morgan fingerprint density at radius 2 is 1.81 bits per heavy atom. The number of imidazole rings is 1. The minimum absolute atomic E-state index is 0.604. The number of benzene rings is 2. The predicted octanol–water partition coefficient (Wildman–Crippen LogP) is 4.65. The zero-order valence-electron chi connectivity index (χ0n) is 17.8. The molecule has 2 aromatic carbocycles. The van der Waals surface area contributed by atoms with Gasteiger partial charge in [-0.2, -0.15) is 5.26 Å². The van der Waals surface area contributed by atoms with Gasteiger partial charge in [0.15, 0.2) is 0 Å². The molecule has 0 saturated heterocycles. The molecule has 2 heterocycles. The summed E-state index contributed by atoms with van der Waals surface area (Å²) in [6.07, 6.45) is 4.76. The van der Waals surface area contributed by atoms with Crippen molar-refractivity contribution in [2.75, 3.05) is 6.54 Å². The number of pyridine rings is 1. The van der Waals surface area contributed by atoms with E-state index in [9.17, 15) is 5.26 Å². The fourth-order valence-corrected chi connectivity index (χ4v) is 3.66. The number of nitrogens with two attached hydrogens (primary N) is 1. The van der Waals surface area contributed by atoms with E-state index < -0.39 is 0 Å². The van der Waals surface area contributed by atoms with Crippen molar-refractivity contribution in [1.29, 1.82) is 5.26 Å². The Kier molecular flexibility index (Phi) is 5.92. The van der Waals surface area contributed by atoms with Crippen LogP contribution in [0.15, 0.2) is 67.0 Å². The molecule has 2 N–H and O–H groups in total. The Morgan fingerprint density at radius 1 is 1.00 bits per heavy atom. The van der Waals surface area contributed by atoms with Gasteiger partial charge in [-0.15, -0.1) is 0 Å². The van der Waals surface area contributed by atoms with Crippen LogP contribution in [0.3, 0.4) is 0 Å². The minimum atomic E-state index is 0.604. The fourth-order valence-electron chi connectivity index (χ4n) is 3.66. The first-order chi connectivity index (χ1) is 15.1. The maximum Gasteiger partial charge on any atom is 0.106 e. The molecule has 0 saturated carbocycles. The van der Waals surface area contributed by atoms with Gasteiger partial charge >= 0.3 is 0 Å². The third-order valence-electron chi connectivity index (χ3n) is 5.43. The number of hydrogen-bond donors (Lipinski definition) is 1. The second-order valence-electron chi connectivity index (χ2n) is 7.74. The highest BCUT2D eigenvalue weighted by molar-refractivity contribution is 5.65. The normalized spacial score (nSPS) is 10.8. The monoisotopic (exact) mass is 407 g/mol. The lowest BCUT2D eigenvalue weighted by atomic mass is 10.0. The molecule has 4 rings (SSSR count). The second kappa shape index (κ2) is 8.95. The first-order valence-corrected chi connectivity index (χ1v) is 10.4. The van der Waals surface area contributed by atoms with Crippen molar-refractivity contribution < 1.29 is 0 Å².